The fourth-order valence-corrected chi connectivity index (χ4v) is 14.2. The molecular weight excluding hydrogens is 796 g/mol. The van der Waals surface area contributed by atoms with E-state index >= 15 is 4.79 Å². The van der Waals surface area contributed by atoms with Crippen molar-refractivity contribution >= 4 is 23.7 Å². The summed E-state index contributed by atoms with van der Waals surface area (Å²) in [6.07, 6.45) is -9.38. The van der Waals surface area contributed by atoms with Crippen molar-refractivity contribution in [1.82, 2.24) is 0 Å². The minimum Gasteiger partial charge on any atom is -0.481 e. The number of hydrogen-bond acceptors (Lipinski definition) is 13. The highest BCUT2D eigenvalue weighted by Crippen LogP contribution is 2.82. The van der Waals surface area contributed by atoms with Crippen molar-refractivity contribution in [2.24, 2.45) is 55.2 Å². The van der Waals surface area contributed by atoms with Crippen LogP contribution in [0, 0.1) is 55.2 Å². The molecule has 0 radical (unpaired) electrons. The molecule has 0 aromatic heterocycles. The van der Waals surface area contributed by atoms with E-state index in [1.807, 2.05) is 13.0 Å². The lowest BCUT2D eigenvalue weighted by atomic mass is 9.26. The first-order valence-electron chi connectivity index (χ1n) is 22.0. The van der Waals surface area contributed by atoms with Gasteiger partial charge in [0.15, 0.2) is 30.6 Å². The zero-order valence-electron chi connectivity index (χ0n) is 36.9. The van der Waals surface area contributed by atoms with Gasteiger partial charge in [0.2, 0.25) is 0 Å². The number of carboxylic acid groups (broad SMARTS) is 3. The third kappa shape index (κ3) is 6.15. The number of allylic oxidation sites excluding steroid dienone is 2. The Labute approximate surface area is 357 Å². The maximum Gasteiger partial charge on any atom is 0.335 e. The van der Waals surface area contributed by atoms with E-state index in [-0.39, 0.29) is 22.5 Å². The van der Waals surface area contributed by atoms with E-state index in [1.54, 1.807) is 0 Å². The number of carboxylic acids is 3. The Kier molecular flexibility index (Phi) is 11.2. The van der Waals surface area contributed by atoms with E-state index in [0.717, 1.165) is 24.8 Å². The molecule has 2 heterocycles. The molecule has 16 heteroatoms. The summed E-state index contributed by atoms with van der Waals surface area (Å²) in [6.45, 7) is 18.8. The van der Waals surface area contributed by atoms with Crippen molar-refractivity contribution < 1.29 is 79.0 Å². The minimum atomic E-state index is -1.97. The lowest BCUT2D eigenvalue weighted by Crippen LogP contribution is -2.75. The third-order valence-electron chi connectivity index (χ3n) is 19.7. The molecule has 0 bridgehead atoms. The smallest absolute Gasteiger partial charge is 0.335 e. The highest BCUT2D eigenvalue weighted by molar-refractivity contribution is 5.98. The molecule has 0 spiro atoms. The first kappa shape index (κ1) is 46.5. The van der Waals surface area contributed by atoms with Crippen LogP contribution in [0.1, 0.15) is 120 Å². The van der Waals surface area contributed by atoms with Crippen LogP contribution in [0.2, 0.25) is 0 Å². The Morgan fingerprint density at radius 1 is 0.672 bits per heavy atom. The molecule has 16 nitrogen and oxygen atoms in total. The van der Waals surface area contributed by atoms with Gasteiger partial charge in [-0.3, -0.25) is 9.59 Å². The second-order valence-electron chi connectivity index (χ2n) is 22.1. The summed E-state index contributed by atoms with van der Waals surface area (Å²) in [4.78, 5) is 51.9. The molecule has 0 unspecified atom stereocenters. The van der Waals surface area contributed by atoms with Gasteiger partial charge in [0, 0.05) is 5.41 Å². The van der Waals surface area contributed by atoms with E-state index in [4.69, 9.17) is 18.9 Å². The van der Waals surface area contributed by atoms with Crippen LogP contribution >= 0.6 is 0 Å². The lowest BCUT2D eigenvalue weighted by molar-refractivity contribution is -0.343. The van der Waals surface area contributed by atoms with Crippen molar-refractivity contribution in [2.45, 2.75) is 182 Å². The first-order chi connectivity index (χ1) is 28.0. The lowest BCUT2D eigenvalue weighted by Gasteiger charge is -2.77. The average molecular weight is 865 g/mol. The van der Waals surface area contributed by atoms with Crippen molar-refractivity contribution in [3.63, 3.8) is 0 Å². The predicted octanol–water partition coefficient (Wildman–Crippen LogP) is 3.27. The molecular formula is C45H68O16. The van der Waals surface area contributed by atoms with Crippen LogP contribution < -0.4 is 0 Å². The van der Waals surface area contributed by atoms with Gasteiger partial charge in [0.1, 0.15) is 24.4 Å². The summed E-state index contributed by atoms with van der Waals surface area (Å²) in [5, 5.41) is 83.2. The van der Waals surface area contributed by atoms with E-state index in [1.165, 1.54) is 0 Å². The highest BCUT2D eigenvalue weighted by atomic mass is 16.7. The summed E-state index contributed by atoms with van der Waals surface area (Å²) >= 11 is 0. The Bertz CT molecular complexity index is 1850. The third-order valence-corrected chi connectivity index (χ3v) is 19.7. The molecule has 4 saturated carbocycles. The van der Waals surface area contributed by atoms with Crippen LogP contribution in [0.4, 0.5) is 0 Å². The van der Waals surface area contributed by atoms with Crippen molar-refractivity contribution in [2.75, 3.05) is 6.61 Å². The minimum absolute atomic E-state index is 0.0350. The SMILES string of the molecule is CC1(C)[C@@H](O[C@@H]2O[C@H](C(=O)O)[C@@H](O)[C@H](O)[C@H]2CO[C@@H]2O[C@H](C(=O)O)[C@@H](O)[C@H](O)[C@H]2O)CC[C@]2(C)[C@@]3(C)C(=O)C=C4[C@@H]5C[C@](C)(C(=O)O)CC[C@]5(C)CC[C@@]4(C)[C@]3(C)CC[C@@]12C. The van der Waals surface area contributed by atoms with Gasteiger partial charge >= 0.3 is 17.9 Å². The van der Waals surface area contributed by atoms with E-state index in [9.17, 15) is 55.2 Å². The first-order valence-corrected chi connectivity index (χ1v) is 22.0. The second-order valence-corrected chi connectivity index (χ2v) is 22.1. The molecule has 61 heavy (non-hydrogen) atoms. The van der Waals surface area contributed by atoms with Crippen LogP contribution in [0.3, 0.4) is 0 Å². The standard InChI is InChI=1S/C45H68O16/c1-38(2)25(59-35-21(26(47)28(49)31(60-35)33(52)53)20-58-36-30(51)27(48)29(50)32(61-36)34(54)55)10-11-44(8)42(38,6)16-17-43(7)41(5)15-14-39(3)12-13-40(4,37(56)57)19-23(39)22(41)18-24(46)45(43,44)9/h18,21,23,25-32,35-36,47-51H,10-17,19-20H2,1-9H3,(H,52,53)(H,54,55)(H,56,57)/t21-,23+,25+,26-,27+,28+,29+,30-,31+,32+,35-,36-,39-,40-,41-,42+,43+,44+,45+/m1/s1. The summed E-state index contributed by atoms with van der Waals surface area (Å²) in [6, 6.07) is 0. The molecule has 2 saturated heterocycles. The van der Waals surface area contributed by atoms with Gasteiger partial charge in [-0.1, -0.05) is 61.0 Å². The van der Waals surface area contributed by atoms with Crippen molar-refractivity contribution in [3.05, 3.63) is 11.6 Å². The largest absolute Gasteiger partial charge is 0.481 e. The number of carbonyl (C=O) groups is 4. The molecule has 7 rings (SSSR count). The molecule has 19 atom stereocenters. The van der Waals surface area contributed by atoms with E-state index < -0.39 is 124 Å². The summed E-state index contributed by atoms with van der Waals surface area (Å²) in [5.74, 6) is -5.25. The van der Waals surface area contributed by atoms with E-state index in [0.29, 0.717) is 38.5 Å². The monoisotopic (exact) mass is 864 g/mol. The predicted molar refractivity (Wildman–Crippen MR) is 213 cm³/mol. The Hall–Kier alpha value is -2.54. The van der Waals surface area contributed by atoms with Gasteiger partial charge < -0.3 is 59.8 Å². The Morgan fingerprint density at radius 3 is 1.82 bits per heavy atom. The second kappa shape index (κ2) is 14.7. The topological polar surface area (TPSA) is 267 Å². The van der Waals surface area contributed by atoms with Crippen molar-refractivity contribution in [3.8, 4) is 0 Å². The van der Waals surface area contributed by atoms with E-state index in [2.05, 4.69) is 55.4 Å². The van der Waals surface area contributed by atoms with Crippen LogP contribution in [-0.4, -0.2) is 133 Å². The number of ketones is 1. The molecule has 0 aromatic rings. The molecule has 344 valence electrons. The number of fused-ring (bicyclic) bond motifs is 7. The maximum atomic E-state index is 15.3. The van der Waals surface area contributed by atoms with Gasteiger partial charge in [-0.05, 0) is 109 Å². The fourth-order valence-electron chi connectivity index (χ4n) is 14.2. The summed E-state index contributed by atoms with van der Waals surface area (Å²) in [7, 11) is 0. The van der Waals surface area contributed by atoms with Crippen LogP contribution in [0.5, 0.6) is 0 Å². The summed E-state index contributed by atoms with van der Waals surface area (Å²) in [5.41, 5.74) is -3.49. The number of aliphatic hydroxyl groups excluding tert-OH is 5. The Balaban J connectivity index is 1.19. The van der Waals surface area contributed by atoms with Crippen LogP contribution in [0.15, 0.2) is 11.6 Å². The number of ether oxygens (including phenoxy) is 4. The summed E-state index contributed by atoms with van der Waals surface area (Å²) < 4.78 is 23.6. The number of rotatable bonds is 8. The van der Waals surface area contributed by atoms with Gasteiger partial charge in [0.05, 0.1) is 30.1 Å². The number of aliphatic carboxylic acids is 3. The molecule has 8 N–H and O–H groups in total. The zero-order chi connectivity index (χ0) is 45.4. The number of carbonyl (C=O) groups excluding carboxylic acids is 1. The zero-order valence-corrected chi connectivity index (χ0v) is 36.9. The maximum absolute atomic E-state index is 15.3. The average Bonchev–Trinajstić information content (AvgIpc) is 3.18. The molecule has 0 aromatic carbocycles. The van der Waals surface area contributed by atoms with Gasteiger partial charge in [0.25, 0.3) is 0 Å². The fraction of sp³-hybridized carbons (Fsp3) is 0.867. The molecule has 5 aliphatic carbocycles. The Morgan fingerprint density at radius 2 is 1.23 bits per heavy atom. The molecule has 0 amide bonds. The van der Waals surface area contributed by atoms with Crippen molar-refractivity contribution in [1.29, 1.82) is 0 Å². The normalized spacial score (nSPS) is 53.0. The van der Waals surface area contributed by atoms with Gasteiger partial charge in [-0.15, -0.1) is 0 Å². The van der Waals surface area contributed by atoms with Gasteiger partial charge in [-0.2, -0.15) is 0 Å². The number of aliphatic hydroxyl groups is 5. The molecule has 2 aliphatic heterocycles. The highest BCUT2D eigenvalue weighted by Gasteiger charge is 2.78. The molecule has 6 fully saturated rings. The van der Waals surface area contributed by atoms with Gasteiger partial charge in [-0.25, -0.2) is 9.59 Å². The number of hydrogen-bond donors (Lipinski definition) is 8. The van der Waals surface area contributed by atoms with Crippen LogP contribution in [0.25, 0.3) is 0 Å². The quantitative estimate of drug-likeness (QED) is 0.163. The molecule has 7 aliphatic rings. The van der Waals surface area contributed by atoms with Crippen LogP contribution in [-0.2, 0) is 38.1 Å².